The van der Waals surface area contributed by atoms with E-state index in [0.717, 1.165) is 11.1 Å². The molecular formula is C16H20N2O2S. The van der Waals surface area contributed by atoms with Gasteiger partial charge in [-0.15, -0.1) is 0 Å². The van der Waals surface area contributed by atoms with Gasteiger partial charge in [-0.3, -0.25) is 0 Å². The Labute approximate surface area is 126 Å². The van der Waals surface area contributed by atoms with Gasteiger partial charge in [0.25, 0.3) is 10.2 Å². The van der Waals surface area contributed by atoms with Crippen LogP contribution in [0.2, 0.25) is 0 Å². The van der Waals surface area contributed by atoms with Crippen molar-refractivity contribution in [2.45, 2.75) is 25.9 Å². The van der Waals surface area contributed by atoms with Gasteiger partial charge in [-0.05, 0) is 25.0 Å². The van der Waals surface area contributed by atoms with Crippen LogP contribution < -0.4 is 9.44 Å². The molecule has 0 saturated heterocycles. The molecule has 2 rings (SSSR count). The lowest BCUT2D eigenvalue weighted by atomic mass is 10.1. The maximum atomic E-state index is 12.2. The zero-order valence-corrected chi connectivity index (χ0v) is 13.0. The highest BCUT2D eigenvalue weighted by Gasteiger charge is 2.18. The van der Waals surface area contributed by atoms with E-state index >= 15 is 0 Å². The molecule has 2 aromatic rings. The summed E-state index contributed by atoms with van der Waals surface area (Å²) in [7, 11) is -3.58. The van der Waals surface area contributed by atoms with Crippen molar-refractivity contribution in [2.24, 2.45) is 0 Å². The third kappa shape index (κ3) is 4.67. The van der Waals surface area contributed by atoms with Crippen LogP contribution in [0.4, 0.5) is 0 Å². The molecule has 0 aromatic heterocycles. The van der Waals surface area contributed by atoms with Crippen molar-refractivity contribution in [3.05, 3.63) is 71.8 Å². The molecule has 0 heterocycles. The summed E-state index contributed by atoms with van der Waals surface area (Å²) in [5, 5.41) is 0. The lowest BCUT2D eigenvalue weighted by Gasteiger charge is -2.18. The summed E-state index contributed by atoms with van der Waals surface area (Å²) in [6, 6.07) is 18.4. The monoisotopic (exact) mass is 304 g/mol. The summed E-state index contributed by atoms with van der Waals surface area (Å²) in [5.74, 6) is 0. The van der Waals surface area contributed by atoms with E-state index in [1.807, 2.05) is 74.5 Å². The Morgan fingerprint density at radius 3 is 1.38 bits per heavy atom. The Bertz CT molecular complexity index is 604. The number of hydrogen-bond acceptors (Lipinski definition) is 2. The minimum Gasteiger partial charge on any atom is -0.195 e. The summed E-state index contributed by atoms with van der Waals surface area (Å²) >= 11 is 0. The minimum absolute atomic E-state index is 0.285. The minimum atomic E-state index is -3.58. The van der Waals surface area contributed by atoms with E-state index in [-0.39, 0.29) is 12.1 Å². The fourth-order valence-electron chi connectivity index (χ4n) is 2.12. The molecule has 0 spiro atoms. The Balaban J connectivity index is 2.02. The summed E-state index contributed by atoms with van der Waals surface area (Å²) in [6.07, 6.45) is 0. The molecule has 0 saturated carbocycles. The number of benzene rings is 2. The summed E-state index contributed by atoms with van der Waals surface area (Å²) in [5.41, 5.74) is 1.85. The largest absolute Gasteiger partial charge is 0.278 e. The molecule has 0 fully saturated rings. The fourth-order valence-corrected chi connectivity index (χ4v) is 3.39. The van der Waals surface area contributed by atoms with Gasteiger partial charge in [0.2, 0.25) is 0 Å². The van der Waals surface area contributed by atoms with Crippen LogP contribution >= 0.6 is 0 Å². The smallest absolute Gasteiger partial charge is 0.195 e. The Kier molecular flexibility index (Phi) is 5.12. The fraction of sp³-hybridized carbons (Fsp3) is 0.250. The highest BCUT2D eigenvalue weighted by molar-refractivity contribution is 7.87. The first kappa shape index (κ1) is 15.7. The number of rotatable bonds is 6. The van der Waals surface area contributed by atoms with Crippen LogP contribution in [0.3, 0.4) is 0 Å². The lowest BCUT2D eigenvalue weighted by molar-refractivity contribution is 0.539. The van der Waals surface area contributed by atoms with Gasteiger partial charge in [0, 0.05) is 12.1 Å². The molecule has 0 aliphatic carbocycles. The Morgan fingerprint density at radius 1 is 0.714 bits per heavy atom. The van der Waals surface area contributed by atoms with E-state index in [1.54, 1.807) is 0 Å². The second-order valence-electron chi connectivity index (χ2n) is 5.00. The molecular weight excluding hydrogens is 284 g/mol. The first-order chi connectivity index (χ1) is 9.98. The van der Waals surface area contributed by atoms with Gasteiger partial charge in [0.1, 0.15) is 0 Å². The molecule has 4 nitrogen and oxygen atoms in total. The van der Waals surface area contributed by atoms with E-state index in [4.69, 9.17) is 0 Å². The Hall–Kier alpha value is -1.69. The summed E-state index contributed by atoms with van der Waals surface area (Å²) in [4.78, 5) is 0. The van der Waals surface area contributed by atoms with Gasteiger partial charge in [-0.25, -0.2) is 0 Å². The van der Waals surface area contributed by atoms with Crippen molar-refractivity contribution in [3.63, 3.8) is 0 Å². The van der Waals surface area contributed by atoms with Crippen molar-refractivity contribution in [1.82, 2.24) is 9.44 Å². The molecule has 21 heavy (non-hydrogen) atoms. The van der Waals surface area contributed by atoms with Crippen LogP contribution in [-0.2, 0) is 10.2 Å². The molecule has 112 valence electrons. The zero-order chi connectivity index (χ0) is 15.3. The summed E-state index contributed by atoms with van der Waals surface area (Å²) < 4.78 is 29.6. The third-order valence-electron chi connectivity index (χ3n) is 3.26. The molecule has 0 radical (unpaired) electrons. The maximum absolute atomic E-state index is 12.2. The van der Waals surface area contributed by atoms with Crippen LogP contribution in [0, 0.1) is 0 Å². The maximum Gasteiger partial charge on any atom is 0.278 e. The molecule has 0 bridgehead atoms. The highest BCUT2D eigenvalue weighted by Crippen LogP contribution is 2.15. The van der Waals surface area contributed by atoms with Crippen LogP contribution in [-0.4, -0.2) is 8.42 Å². The molecule has 0 amide bonds. The van der Waals surface area contributed by atoms with Crippen LogP contribution in [0.1, 0.15) is 37.1 Å². The molecule has 5 heteroatoms. The molecule has 2 atom stereocenters. The molecule has 2 N–H and O–H groups in total. The average Bonchev–Trinajstić information content (AvgIpc) is 2.48. The molecule has 0 aliphatic heterocycles. The van der Waals surface area contributed by atoms with Gasteiger partial charge in [-0.2, -0.15) is 17.9 Å². The molecule has 2 unspecified atom stereocenters. The normalized spacial score (nSPS) is 14.6. The standard InChI is InChI=1S/C16H20N2O2S/c1-13(15-9-5-3-6-10-15)17-21(19,20)18-14(2)16-11-7-4-8-12-16/h3-14,17-18H,1-2H3. The van der Waals surface area contributed by atoms with E-state index in [1.165, 1.54) is 0 Å². The van der Waals surface area contributed by atoms with Crippen LogP contribution in [0.15, 0.2) is 60.7 Å². The van der Waals surface area contributed by atoms with E-state index < -0.39 is 10.2 Å². The van der Waals surface area contributed by atoms with Gasteiger partial charge in [0.05, 0.1) is 0 Å². The Morgan fingerprint density at radius 2 is 1.05 bits per heavy atom. The van der Waals surface area contributed by atoms with Gasteiger partial charge in [0.15, 0.2) is 0 Å². The molecule has 2 aromatic carbocycles. The number of nitrogens with one attached hydrogen (secondary N) is 2. The lowest BCUT2D eigenvalue weighted by Crippen LogP contribution is -2.39. The first-order valence-corrected chi connectivity index (χ1v) is 8.36. The molecule has 0 aliphatic rings. The van der Waals surface area contributed by atoms with Gasteiger partial charge in [-0.1, -0.05) is 60.7 Å². The topological polar surface area (TPSA) is 58.2 Å². The summed E-state index contributed by atoms with van der Waals surface area (Å²) in [6.45, 7) is 3.64. The predicted octanol–water partition coefficient (Wildman–Crippen LogP) is 2.93. The van der Waals surface area contributed by atoms with Gasteiger partial charge >= 0.3 is 0 Å². The third-order valence-corrected chi connectivity index (χ3v) is 4.59. The first-order valence-electron chi connectivity index (χ1n) is 6.87. The van der Waals surface area contributed by atoms with Crippen molar-refractivity contribution >= 4 is 10.2 Å². The average molecular weight is 304 g/mol. The van der Waals surface area contributed by atoms with Crippen molar-refractivity contribution in [1.29, 1.82) is 0 Å². The zero-order valence-electron chi connectivity index (χ0n) is 12.2. The van der Waals surface area contributed by atoms with Crippen molar-refractivity contribution in [2.75, 3.05) is 0 Å². The highest BCUT2D eigenvalue weighted by atomic mass is 32.2. The van der Waals surface area contributed by atoms with E-state index in [9.17, 15) is 8.42 Å². The second-order valence-corrected chi connectivity index (χ2v) is 6.48. The van der Waals surface area contributed by atoms with Gasteiger partial charge < -0.3 is 0 Å². The van der Waals surface area contributed by atoms with Crippen LogP contribution in [0.5, 0.6) is 0 Å². The van der Waals surface area contributed by atoms with E-state index in [2.05, 4.69) is 9.44 Å². The predicted molar refractivity (Wildman–Crippen MR) is 84.9 cm³/mol. The van der Waals surface area contributed by atoms with Crippen molar-refractivity contribution in [3.8, 4) is 0 Å². The second kappa shape index (κ2) is 6.85. The SMILES string of the molecule is CC(NS(=O)(=O)NC(C)c1ccccc1)c1ccccc1. The number of hydrogen-bond donors (Lipinski definition) is 2. The van der Waals surface area contributed by atoms with Crippen molar-refractivity contribution < 1.29 is 8.42 Å². The van der Waals surface area contributed by atoms with E-state index in [0.29, 0.717) is 0 Å². The van der Waals surface area contributed by atoms with Crippen LogP contribution in [0.25, 0.3) is 0 Å². The quantitative estimate of drug-likeness (QED) is 0.862.